The lowest BCUT2D eigenvalue weighted by atomic mass is 10.0. The number of hydrogen-bond donors (Lipinski definition) is 2. The largest absolute Gasteiger partial charge is 0.454 e. The van der Waals surface area contributed by atoms with Crippen LogP contribution < -0.4 is 16.2 Å². The number of amides is 2. The van der Waals surface area contributed by atoms with Crippen molar-refractivity contribution in [2.45, 2.75) is 6.92 Å². The number of nitrogens with zero attached hydrogens (tertiary/aromatic N) is 2. The molecule has 0 radical (unpaired) electrons. The number of esters is 1. The summed E-state index contributed by atoms with van der Waals surface area (Å²) in [6, 6.07) is 25.7. The number of nitrogens with one attached hydrogen (secondary N) is 2. The van der Waals surface area contributed by atoms with Gasteiger partial charge in [-0.05, 0) is 42.3 Å². The Morgan fingerprint density at radius 2 is 1.43 bits per heavy atom. The predicted octanol–water partition coefficient (Wildman–Crippen LogP) is 3.06. The molecule has 4 rings (SSSR count). The summed E-state index contributed by atoms with van der Waals surface area (Å²) in [5.41, 5.74) is 3.26. The van der Waals surface area contributed by atoms with Gasteiger partial charge in [-0.1, -0.05) is 60.7 Å². The molecule has 2 amide bonds. The van der Waals surface area contributed by atoms with E-state index in [1.54, 1.807) is 55.1 Å². The molecule has 0 saturated heterocycles. The van der Waals surface area contributed by atoms with Gasteiger partial charge >= 0.3 is 5.97 Å². The minimum atomic E-state index is -0.782. The van der Waals surface area contributed by atoms with Gasteiger partial charge in [0.1, 0.15) is 12.2 Å². The third-order valence-corrected chi connectivity index (χ3v) is 5.83. The fraction of sp³-hybridized carbons (Fsp3) is 0.143. The van der Waals surface area contributed by atoms with Crippen LogP contribution in [-0.4, -0.2) is 40.3 Å². The van der Waals surface area contributed by atoms with Crippen molar-refractivity contribution >= 4 is 23.5 Å². The molecule has 0 atom stereocenters. The number of hydrogen-bond acceptors (Lipinski definition) is 5. The van der Waals surface area contributed by atoms with Crippen molar-refractivity contribution in [3.05, 3.63) is 107 Å². The third-order valence-electron chi connectivity index (χ3n) is 5.83. The van der Waals surface area contributed by atoms with E-state index in [0.29, 0.717) is 16.9 Å². The first-order valence-electron chi connectivity index (χ1n) is 11.6. The molecule has 0 bridgehead atoms. The quantitative estimate of drug-likeness (QED) is 0.363. The minimum absolute atomic E-state index is 0.0969. The Balaban J connectivity index is 1.28. The molecule has 9 heteroatoms. The van der Waals surface area contributed by atoms with Gasteiger partial charge in [0.25, 0.3) is 17.4 Å². The van der Waals surface area contributed by atoms with Crippen LogP contribution in [0.5, 0.6) is 0 Å². The average Bonchev–Trinajstić information content (AvgIpc) is 3.14. The number of carbonyl (C=O) groups is 3. The monoisotopic (exact) mass is 498 g/mol. The van der Waals surface area contributed by atoms with Gasteiger partial charge in [-0.3, -0.25) is 23.9 Å². The lowest BCUT2D eigenvalue weighted by molar-refractivity contribution is -0.146. The van der Waals surface area contributed by atoms with E-state index in [1.807, 2.05) is 48.5 Å². The Morgan fingerprint density at radius 1 is 0.838 bits per heavy atom. The normalized spacial score (nSPS) is 10.5. The van der Waals surface area contributed by atoms with Crippen molar-refractivity contribution in [2.75, 3.05) is 18.5 Å². The summed E-state index contributed by atoms with van der Waals surface area (Å²) in [6.07, 6.45) is 0. The topological polar surface area (TPSA) is 111 Å². The minimum Gasteiger partial charge on any atom is -0.454 e. The molecule has 3 aromatic carbocycles. The molecule has 37 heavy (non-hydrogen) atoms. The van der Waals surface area contributed by atoms with Crippen molar-refractivity contribution in [1.82, 2.24) is 14.7 Å². The van der Waals surface area contributed by atoms with E-state index >= 15 is 0 Å². The standard InChI is InChI=1S/C28H26N4O5/c1-19-26(28(36)32(31(19)2)23-11-7-4-8-12-23)30-24(33)18-37-25(34)17-29-27(35)22-15-13-21(14-16-22)20-9-5-3-6-10-20/h3-16H,17-18H2,1-2H3,(H,29,35)(H,30,33). The van der Waals surface area contributed by atoms with Crippen LogP contribution in [0.2, 0.25) is 0 Å². The highest BCUT2D eigenvalue weighted by Crippen LogP contribution is 2.19. The molecule has 0 aliphatic heterocycles. The zero-order valence-corrected chi connectivity index (χ0v) is 20.4. The summed E-state index contributed by atoms with van der Waals surface area (Å²) >= 11 is 0. The summed E-state index contributed by atoms with van der Waals surface area (Å²) < 4.78 is 8.01. The maximum Gasteiger partial charge on any atom is 0.325 e. The molecule has 1 aromatic heterocycles. The molecular weight excluding hydrogens is 472 g/mol. The highest BCUT2D eigenvalue weighted by molar-refractivity contribution is 5.97. The number of aromatic nitrogens is 2. The predicted molar refractivity (Wildman–Crippen MR) is 140 cm³/mol. The van der Waals surface area contributed by atoms with Crippen LogP contribution in [0.25, 0.3) is 16.8 Å². The first kappa shape index (κ1) is 25.2. The maximum absolute atomic E-state index is 12.9. The number of benzene rings is 3. The smallest absolute Gasteiger partial charge is 0.325 e. The van der Waals surface area contributed by atoms with Gasteiger partial charge in [0.05, 0.1) is 11.4 Å². The molecule has 9 nitrogen and oxygen atoms in total. The van der Waals surface area contributed by atoms with Crippen LogP contribution in [0.15, 0.2) is 89.7 Å². The number of ether oxygens (including phenoxy) is 1. The Morgan fingerprint density at radius 3 is 2.08 bits per heavy atom. The molecule has 0 aliphatic rings. The van der Waals surface area contributed by atoms with Gasteiger partial charge in [0, 0.05) is 12.6 Å². The highest BCUT2D eigenvalue weighted by atomic mass is 16.5. The van der Waals surface area contributed by atoms with Crippen LogP contribution >= 0.6 is 0 Å². The van der Waals surface area contributed by atoms with Crippen molar-refractivity contribution in [3.63, 3.8) is 0 Å². The summed E-state index contributed by atoms with van der Waals surface area (Å²) in [4.78, 5) is 49.7. The molecule has 1 heterocycles. The SMILES string of the molecule is Cc1c(NC(=O)COC(=O)CNC(=O)c2ccc(-c3ccccc3)cc2)c(=O)n(-c2ccccc2)n1C. The lowest BCUT2D eigenvalue weighted by Gasteiger charge is -2.08. The molecule has 4 aromatic rings. The second-order valence-electron chi connectivity index (χ2n) is 8.27. The second-order valence-corrected chi connectivity index (χ2v) is 8.27. The molecule has 0 spiro atoms. The molecule has 0 saturated carbocycles. The van der Waals surface area contributed by atoms with Crippen LogP contribution in [0.1, 0.15) is 16.1 Å². The van der Waals surface area contributed by atoms with Crippen molar-refractivity contribution in [2.24, 2.45) is 7.05 Å². The Kier molecular flexibility index (Phi) is 7.63. The summed E-state index contributed by atoms with van der Waals surface area (Å²) in [5, 5.41) is 4.99. The van der Waals surface area contributed by atoms with Gasteiger partial charge in [-0.15, -0.1) is 0 Å². The van der Waals surface area contributed by atoms with Crippen molar-refractivity contribution in [1.29, 1.82) is 0 Å². The lowest BCUT2D eigenvalue weighted by Crippen LogP contribution is -2.32. The van der Waals surface area contributed by atoms with Gasteiger partial charge < -0.3 is 15.4 Å². The second kappa shape index (κ2) is 11.2. The average molecular weight is 499 g/mol. The van der Waals surface area contributed by atoms with E-state index in [0.717, 1.165) is 11.1 Å². The van der Waals surface area contributed by atoms with Crippen LogP contribution in [-0.2, 0) is 21.4 Å². The number of rotatable bonds is 8. The van der Waals surface area contributed by atoms with Gasteiger partial charge in [0.15, 0.2) is 6.61 Å². The number of para-hydroxylation sites is 1. The van der Waals surface area contributed by atoms with E-state index < -0.39 is 36.5 Å². The highest BCUT2D eigenvalue weighted by Gasteiger charge is 2.19. The van der Waals surface area contributed by atoms with E-state index in [2.05, 4.69) is 10.6 Å². The Labute approximate surface area is 213 Å². The van der Waals surface area contributed by atoms with Crippen LogP contribution in [0.3, 0.4) is 0 Å². The Hall–Kier alpha value is -4.92. The first-order chi connectivity index (χ1) is 17.8. The molecular formula is C28H26N4O5. The molecule has 0 unspecified atom stereocenters. The summed E-state index contributed by atoms with van der Waals surface area (Å²) in [5.74, 6) is -1.89. The van der Waals surface area contributed by atoms with Crippen molar-refractivity contribution in [3.8, 4) is 16.8 Å². The van der Waals surface area contributed by atoms with E-state index in [1.165, 1.54) is 4.68 Å². The van der Waals surface area contributed by atoms with E-state index in [-0.39, 0.29) is 5.69 Å². The summed E-state index contributed by atoms with van der Waals surface area (Å²) in [7, 11) is 1.71. The molecule has 188 valence electrons. The number of anilines is 1. The molecule has 0 fully saturated rings. The fourth-order valence-corrected chi connectivity index (χ4v) is 3.78. The van der Waals surface area contributed by atoms with Gasteiger partial charge in [-0.2, -0.15) is 0 Å². The number of carbonyl (C=O) groups excluding carboxylic acids is 3. The molecule has 0 aliphatic carbocycles. The van der Waals surface area contributed by atoms with Gasteiger partial charge in [0.2, 0.25) is 0 Å². The summed E-state index contributed by atoms with van der Waals surface area (Å²) in [6.45, 7) is 0.696. The van der Waals surface area contributed by atoms with Crippen LogP contribution in [0, 0.1) is 6.92 Å². The zero-order chi connectivity index (χ0) is 26.4. The van der Waals surface area contributed by atoms with Crippen molar-refractivity contribution < 1.29 is 19.1 Å². The molecule has 2 N–H and O–H groups in total. The van der Waals surface area contributed by atoms with E-state index in [4.69, 9.17) is 4.74 Å². The fourth-order valence-electron chi connectivity index (χ4n) is 3.78. The Bertz CT molecular complexity index is 1470. The third kappa shape index (κ3) is 5.84. The van der Waals surface area contributed by atoms with Gasteiger partial charge in [-0.25, -0.2) is 4.68 Å². The maximum atomic E-state index is 12.9. The van der Waals surface area contributed by atoms with Crippen LogP contribution in [0.4, 0.5) is 5.69 Å². The van der Waals surface area contributed by atoms with E-state index in [9.17, 15) is 19.2 Å². The first-order valence-corrected chi connectivity index (χ1v) is 11.6. The zero-order valence-electron chi connectivity index (χ0n) is 20.4.